The number of ether oxygens (including phenoxy) is 1. The fourth-order valence-corrected chi connectivity index (χ4v) is 3.01. The number of rotatable bonds is 5. The molecular weight excluding hydrogens is 236 g/mol. The van der Waals surface area contributed by atoms with E-state index < -0.39 is 0 Å². The van der Waals surface area contributed by atoms with Crippen LogP contribution in [0.15, 0.2) is 18.2 Å². The molecule has 1 unspecified atom stereocenters. The Kier molecular flexibility index (Phi) is 5.23. The van der Waals surface area contributed by atoms with Crippen LogP contribution in [-0.4, -0.2) is 31.6 Å². The molecule has 3 nitrogen and oxygen atoms in total. The Bertz CT molecular complexity index is 400. The van der Waals surface area contributed by atoms with Crippen molar-refractivity contribution in [3.63, 3.8) is 0 Å². The lowest BCUT2D eigenvalue weighted by Crippen LogP contribution is -2.37. The van der Waals surface area contributed by atoms with Gasteiger partial charge in [0.25, 0.3) is 0 Å². The summed E-state index contributed by atoms with van der Waals surface area (Å²) in [5, 5.41) is 0. The summed E-state index contributed by atoms with van der Waals surface area (Å²) in [5.74, 6) is 0.987. The van der Waals surface area contributed by atoms with E-state index in [1.165, 1.54) is 43.5 Å². The van der Waals surface area contributed by atoms with Crippen LogP contribution in [0, 0.1) is 0 Å². The molecule has 1 saturated heterocycles. The fourth-order valence-electron chi connectivity index (χ4n) is 3.01. The van der Waals surface area contributed by atoms with E-state index >= 15 is 0 Å². The van der Waals surface area contributed by atoms with E-state index in [9.17, 15) is 0 Å². The molecule has 106 valence electrons. The van der Waals surface area contributed by atoms with Gasteiger partial charge in [-0.2, -0.15) is 0 Å². The van der Waals surface area contributed by atoms with E-state index in [2.05, 4.69) is 30.0 Å². The van der Waals surface area contributed by atoms with Crippen molar-refractivity contribution in [2.24, 2.45) is 5.73 Å². The number of piperidine rings is 1. The maximum absolute atomic E-state index is 6.02. The van der Waals surface area contributed by atoms with Crippen LogP contribution >= 0.6 is 0 Å². The molecule has 0 spiro atoms. The third-order valence-corrected chi connectivity index (χ3v) is 4.12. The minimum atomic E-state index is 0.358. The number of hydrogen-bond donors (Lipinski definition) is 1. The Morgan fingerprint density at radius 1 is 1.26 bits per heavy atom. The molecular formula is C16H26N2O. The van der Waals surface area contributed by atoms with Gasteiger partial charge < -0.3 is 10.5 Å². The highest BCUT2D eigenvalue weighted by Gasteiger charge is 2.21. The molecule has 1 aliphatic rings. The first-order valence-electron chi connectivity index (χ1n) is 7.41. The molecule has 1 aromatic rings. The molecule has 3 heteroatoms. The molecule has 2 N–H and O–H groups in total. The number of likely N-dealkylation sites (tertiary alicyclic amines) is 1. The number of nitrogens with zero attached hydrogens (tertiary/aromatic N) is 1. The number of benzene rings is 1. The molecule has 0 radical (unpaired) electrons. The van der Waals surface area contributed by atoms with E-state index in [4.69, 9.17) is 10.5 Å². The van der Waals surface area contributed by atoms with Crippen molar-refractivity contribution in [3.05, 3.63) is 29.3 Å². The second-order valence-corrected chi connectivity index (χ2v) is 5.27. The van der Waals surface area contributed by atoms with Gasteiger partial charge in [-0.3, -0.25) is 4.90 Å². The summed E-state index contributed by atoms with van der Waals surface area (Å²) in [5.41, 5.74) is 8.63. The van der Waals surface area contributed by atoms with E-state index in [0.717, 1.165) is 12.2 Å². The van der Waals surface area contributed by atoms with Crippen molar-refractivity contribution in [2.45, 2.75) is 38.6 Å². The summed E-state index contributed by atoms with van der Waals surface area (Å²) >= 11 is 0. The smallest absolute Gasteiger partial charge is 0.122 e. The number of methoxy groups -OCH3 is 1. The molecule has 2 rings (SSSR count). The lowest BCUT2D eigenvalue weighted by Gasteiger charge is -2.34. The van der Waals surface area contributed by atoms with Gasteiger partial charge >= 0.3 is 0 Å². The monoisotopic (exact) mass is 262 g/mol. The molecule has 1 heterocycles. The van der Waals surface area contributed by atoms with Crippen LogP contribution in [0.2, 0.25) is 0 Å². The van der Waals surface area contributed by atoms with E-state index in [1.807, 2.05) is 0 Å². The van der Waals surface area contributed by atoms with Crippen LogP contribution in [-0.2, 0) is 6.42 Å². The highest BCUT2D eigenvalue weighted by Crippen LogP contribution is 2.28. The van der Waals surface area contributed by atoms with Gasteiger partial charge in [0.15, 0.2) is 0 Å². The first kappa shape index (κ1) is 14.4. The van der Waals surface area contributed by atoms with Gasteiger partial charge in [-0.15, -0.1) is 0 Å². The van der Waals surface area contributed by atoms with Gasteiger partial charge in [-0.25, -0.2) is 0 Å². The van der Waals surface area contributed by atoms with Crippen molar-refractivity contribution >= 4 is 0 Å². The van der Waals surface area contributed by atoms with E-state index in [0.29, 0.717) is 12.6 Å². The third kappa shape index (κ3) is 3.28. The van der Waals surface area contributed by atoms with Crippen LogP contribution in [0.4, 0.5) is 0 Å². The van der Waals surface area contributed by atoms with Crippen LogP contribution < -0.4 is 10.5 Å². The Morgan fingerprint density at radius 2 is 2.00 bits per heavy atom. The summed E-state index contributed by atoms with van der Waals surface area (Å²) in [6.07, 6.45) is 4.95. The van der Waals surface area contributed by atoms with E-state index in [1.54, 1.807) is 7.11 Å². The Morgan fingerprint density at radius 3 is 2.58 bits per heavy atom. The predicted octanol–water partition coefficient (Wildman–Crippen LogP) is 2.74. The maximum Gasteiger partial charge on any atom is 0.122 e. The minimum Gasteiger partial charge on any atom is -0.496 e. The van der Waals surface area contributed by atoms with Crippen LogP contribution in [0.1, 0.15) is 43.4 Å². The summed E-state index contributed by atoms with van der Waals surface area (Å²) in [6.45, 7) is 5.21. The van der Waals surface area contributed by atoms with Crippen molar-refractivity contribution in [1.29, 1.82) is 0 Å². The molecule has 0 bridgehead atoms. The van der Waals surface area contributed by atoms with Gasteiger partial charge in [0.05, 0.1) is 7.11 Å². The largest absolute Gasteiger partial charge is 0.496 e. The third-order valence-electron chi connectivity index (χ3n) is 4.12. The first-order valence-corrected chi connectivity index (χ1v) is 7.41. The van der Waals surface area contributed by atoms with Gasteiger partial charge in [0.2, 0.25) is 0 Å². The number of aryl methyl sites for hydroxylation is 1. The minimum absolute atomic E-state index is 0.358. The quantitative estimate of drug-likeness (QED) is 0.886. The Labute approximate surface area is 116 Å². The Hall–Kier alpha value is -1.06. The average molecular weight is 262 g/mol. The zero-order valence-electron chi connectivity index (χ0n) is 12.2. The summed E-state index contributed by atoms with van der Waals surface area (Å²) in [6, 6.07) is 6.88. The van der Waals surface area contributed by atoms with Crippen LogP contribution in [0.25, 0.3) is 0 Å². The molecule has 1 aliphatic heterocycles. The second-order valence-electron chi connectivity index (χ2n) is 5.27. The van der Waals surface area contributed by atoms with E-state index in [-0.39, 0.29) is 0 Å². The molecule has 0 saturated carbocycles. The summed E-state index contributed by atoms with van der Waals surface area (Å²) < 4.78 is 5.41. The van der Waals surface area contributed by atoms with Crippen molar-refractivity contribution < 1.29 is 4.74 Å². The highest BCUT2D eigenvalue weighted by molar-refractivity contribution is 5.38. The lowest BCUT2D eigenvalue weighted by molar-refractivity contribution is 0.167. The van der Waals surface area contributed by atoms with Crippen molar-refractivity contribution in [3.8, 4) is 5.75 Å². The Balaban J connectivity index is 2.22. The topological polar surface area (TPSA) is 38.5 Å². The van der Waals surface area contributed by atoms with Gasteiger partial charge in [0.1, 0.15) is 5.75 Å². The van der Waals surface area contributed by atoms with Gasteiger partial charge in [-0.1, -0.05) is 25.5 Å². The van der Waals surface area contributed by atoms with Crippen LogP contribution in [0.5, 0.6) is 5.75 Å². The van der Waals surface area contributed by atoms with Gasteiger partial charge in [0, 0.05) is 12.6 Å². The summed E-state index contributed by atoms with van der Waals surface area (Å²) in [4.78, 5) is 2.53. The molecule has 0 aromatic heterocycles. The highest BCUT2D eigenvalue weighted by atomic mass is 16.5. The van der Waals surface area contributed by atoms with Crippen molar-refractivity contribution in [2.75, 3.05) is 26.7 Å². The summed E-state index contributed by atoms with van der Waals surface area (Å²) in [7, 11) is 1.74. The average Bonchev–Trinajstić information content (AvgIpc) is 2.49. The first-order chi connectivity index (χ1) is 9.30. The SMILES string of the molecule is CCc1cc(C(CN)N2CCCCC2)ccc1OC. The molecule has 1 aromatic carbocycles. The molecule has 0 amide bonds. The molecule has 1 atom stereocenters. The number of hydrogen-bond acceptors (Lipinski definition) is 3. The lowest BCUT2D eigenvalue weighted by atomic mass is 9.98. The normalized spacial score (nSPS) is 18.3. The molecule has 0 aliphatic carbocycles. The van der Waals surface area contributed by atoms with Gasteiger partial charge in [-0.05, 0) is 49.5 Å². The number of nitrogens with two attached hydrogens (primary N) is 1. The van der Waals surface area contributed by atoms with Crippen LogP contribution in [0.3, 0.4) is 0 Å². The standard InChI is InChI=1S/C16H26N2O/c1-3-13-11-14(7-8-16(13)19-2)15(12-17)18-9-5-4-6-10-18/h7-8,11,15H,3-6,9-10,12,17H2,1-2H3. The zero-order chi connectivity index (χ0) is 13.7. The maximum atomic E-state index is 6.02. The fraction of sp³-hybridized carbons (Fsp3) is 0.625. The second kappa shape index (κ2) is 6.92. The van der Waals surface area contributed by atoms with Crippen molar-refractivity contribution in [1.82, 2.24) is 4.90 Å². The predicted molar refractivity (Wildman–Crippen MR) is 79.6 cm³/mol. The molecule has 19 heavy (non-hydrogen) atoms. The zero-order valence-corrected chi connectivity index (χ0v) is 12.2. The molecule has 1 fully saturated rings.